The smallest absolute Gasteiger partial charge is 0.191 e. The fourth-order valence-corrected chi connectivity index (χ4v) is 3.90. The van der Waals surface area contributed by atoms with E-state index < -0.39 is 0 Å². The number of ether oxygens (including phenoxy) is 2. The number of rotatable bonds is 12. The second kappa shape index (κ2) is 14.2. The molecule has 1 aliphatic carbocycles. The van der Waals surface area contributed by atoms with Crippen LogP contribution in [-0.4, -0.2) is 76.6 Å². The normalized spacial score (nSPS) is 21.7. The fraction of sp³-hybridized carbons (Fsp3) is 0.952. The fourth-order valence-electron chi connectivity index (χ4n) is 3.90. The Morgan fingerprint density at radius 2 is 2.00 bits per heavy atom. The highest BCUT2D eigenvalue weighted by Gasteiger charge is 2.17. The second-order valence-electron chi connectivity index (χ2n) is 7.97. The van der Waals surface area contributed by atoms with Crippen molar-refractivity contribution >= 4 is 5.96 Å². The molecule has 1 saturated carbocycles. The molecule has 27 heavy (non-hydrogen) atoms. The second-order valence-corrected chi connectivity index (χ2v) is 7.97. The van der Waals surface area contributed by atoms with Gasteiger partial charge < -0.3 is 25.0 Å². The van der Waals surface area contributed by atoms with Crippen molar-refractivity contribution in [3.63, 3.8) is 0 Å². The predicted molar refractivity (Wildman–Crippen MR) is 112 cm³/mol. The lowest BCUT2D eigenvalue weighted by atomic mass is 9.94. The SMILES string of the molecule is CCNC(=NCCCOCC1CCOC1)NCCCN(C)C1CCCCC1. The zero-order chi connectivity index (χ0) is 19.2. The van der Waals surface area contributed by atoms with Crippen molar-refractivity contribution in [1.82, 2.24) is 15.5 Å². The average Bonchev–Trinajstić information content (AvgIpc) is 3.21. The Hall–Kier alpha value is -0.850. The molecule has 158 valence electrons. The molecule has 0 radical (unpaired) electrons. The summed E-state index contributed by atoms with van der Waals surface area (Å²) in [6, 6.07) is 0.802. The first-order valence-electron chi connectivity index (χ1n) is 11.2. The van der Waals surface area contributed by atoms with Crippen molar-refractivity contribution < 1.29 is 9.47 Å². The molecule has 6 nitrogen and oxygen atoms in total. The van der Waals surface area contributed by atoms with Gasteiger partial charge in [0.2, 0.25) is 0 Å². The van der Waals surface area contributed by atoms with Gasteiger partial charge in [0.25, 0.3) is 0 Å². The Kier molecular flexibility index (Phi) is 11.8. The Balaban J connectivity index is 1.51. The van der Waals surface area contributed by atoms with Crippen LogP contribution in [0, 0.1) is 5.92 Å². The summed E-state index contributed by atoms with van der Waals surface area (Å²) in [5.74, 6) is 1.53. The van der Waals surface area contributed by atoms with E-state index in [1.54, 1.807) is 0 Å². The first-order chi connectivity index (χ1) is 13.3. The maximum absolute atomic E-state index is 5.75. The van der Waals surface area contributed by atoms with Gasteiger partial charge in [-0.3, -0.25) is 4.99 Å². The maximum atomic E-state index is 5.75. The van der Waals surface area contributed by atoms with Gasteiger partial charge in [0.15, 0.2) is 5.96 Å². The summed E-state index contributed by atoms with van der Waals surface area (Å²) < 4.78 is 11.1. The van der Waals surface area contributed by atoms with Gasteiger partial charge in [0, 0.05) is 44.8 Å². The summed E-state index contributed by atoms with van der Waals surface area (Å²) in [5, 5.41) is 6.81. The highest BCUT2D eigenvalue weighted by molar-refractivity contribution is 5.79. The third-order valence-corrected chi connectivity index (χ3v) is 5.62. The zero-order valence-corrected chi connectivity index (χ0v) is 17.7. The standard InChI is InChI=1S/C21H42N4O2/c1-3-22-21(24-13-8-15-26-17-19-11-16-27-18-19)23-12-7-14-25(2)20-9-5-4-6-10-20/h19-20H,3-18H2,1-2H3,(H2,22,23,24). The van der Waals surface area contributed by atoms with Crippen LogP contribution in [0.3, 0.4) is 0 Å². The third-order valence-electron chi connectivity index (χ3n) is 5.62. The summed E-state index contributed by atoms with van der Waals surface area (Å²) in [7, 11) is 2.28. The average molecular weight is 383 g/mol. The van der Waals surface area contributed by atoms with Crippen molar-refractivity contribution in [2.45, 2.75) is 64.3 Å². The molecule has 6 heteroatoms. The number of hydrogen-bond donors (Lipinski definition) is 2. The highest BCUT2D eigenvalue weighted by atomic mass is 16.5. The number of aliphatic imine (C=N–C) groups is 1. The van der Waals surface area contributed by atoms with Crippen LogP contribution in [-0.2, 0) is 9.47 Å². The molecule has 0 bridgehead atoms. The molecule has 1 aliphatic heterocycles. The van der Waals surface area contributed by atoms with Gasteiger partial charge in [-0.05, 0) is 52.6 Å². The largest absolute Gasteiger partial charge is 0.381 e. The summed E-state index contributed by atoms with van der Waals surface area (Å²) in [6.45, 7) is 9.32. The minimum atomic E-state index is 0.597. The van der Waals surface area contributed by atoms with Gasteiger partial charge in [-0.1, -0.05) is 19.3 Å². The number of nitrogens with zero attached hydrogens (tertiary/aromatic N) is 2. The van der Waals surface area contributed by atoms with Crippen LogP contribution < -0.4 is 10.6 Å². The maximum Gasteiger partial charge on any atom is 0.191 e. The van der Waals surface area contributed by atoms with Crippen molar-refractivity contribution in [3.8, 4) is 0 Å². The summed E-state index contributed by atoms with van der Waals surface area (Å²) >= 11 is 0. The van der Waals surface area contributed by atoms with E-state index in [9.17, 15) is 0 Å². The number of guanidine groups is 1. The van der Waals surface area contributed by atoms with Gasteiger partial charge in [-0.15, -0.1) is 0 Å². The molecule has 0 amide bonds. The van der Waals surface area contributed by atoms with E-state index in [1.807, 2.05) is 0 Å². The molecule has 1 atom stereocenters. The van der Waals surface area contributed by atoms with Crippen LogP contribution >= 0.6 is 0 Å². The van der Waals surface area contributed by atoms with Crippen LogP contribution in [0.2, 0.25) is 0 Å². The molecule has 2 N–H and O–H groups in total. The molecular formula is C21H42N4O2. The molecule has 2 rings (SSSR count). The van der Waals surface area contributed by atoms with Crippen LogP contribution in [0.25, 0.3) is 0 Å². The van der Waals surface area contributed by atoms with Gasteiger partial charge in [0.1, 0.15) is 0 Å². The van der Waals surface area contributed by atoms with E-state index in [0.29, 0.717) is 5.92 Å². The molecule has 1 unspecified atom stereocenters. The Morgan fingerprint density at radius 3 is 2.74 bits per heavy atom. The molecule has 0 aromatic carbocycles. The first-order valence-corrected chi connectivity index (χ1v) is 11.2. The van der Waals surface area contributed by atoms with Crippen LogP contribution in [0.15, 0.2) is 4.99 Å². The Bertz CT molecular complexity index is 394. The molecule has 1 saturated heterocycles. The first kappa shape index (κ1) is 22.4. The van der Waals surface area contributed by atoms with Gasteiger partial charge in [-0.25, -0.2) is 0 Å². The summed E-state index contributed by atoms with van der Waals surface area (Å²) in [6.07, 6.45) is 10.3. The topological polar surface area (TPSA) is 58.1 Å². The van der Waals surface area contributed by atoms with E-state index in [0.717, 1.165) is 83.9 Å². The minimum absolute atomic E-state index is 0.597. The lowest BCUT2D eigenvalue weighted by Crippen LogP contribution is -2.40. The van der Waals surface area contributed by atoms with E-state index in [1.165, 1.54) is 32.1 Å². The zero-order valence-electron chi connectivity index (χ0n) is 17.7. The quantitative estimate of drug-likeness (QED) is 0.309. The lowest BCUT2D eigenvalue weighted by molar-refractivity contribution is 0.0893. The van der Waals surface area contributed by atoms with E-state index in [-0.39, 0.29) is 0 Å². The van der Waals surface area contributed by atoms with Crippen molar-refractivity contribution in [2.75, 3.05) is 59.7 Å². The molecule has 0 spiro atoms. The molecule has 0 aromatic heterocycles. The minimum Gasteiger partial charge on any atom is -0.381 e. The van der Waals surface area contributed by atoms with Gasteiger partial charge >= 0.3 is 0 Å². The molecule has 2 fully saturated rings. The monoisotopic (exact) mass is 382 g/mol. The van der Waals surface area contributed by atoms with Gasteiger partial charge in [-0.2, -0.15) is 0 Å². The van der Waals surface area contributed by atoms with Crippen LogP contribution in [0.5, 0.6) is 0 Å². The number of nitrogens with one attached hydrogen (secondary N) is 2. The summed E-state index contributed by atoms with van der Waals surface area (Å²) in [4.78, 5) is 7.22. The number of hydrogen-bond acceptors (Lipinski definition) is 4. The van der Waals surface area contributed by atoms with Gasteiger partial charge in [0.05, 0.1) is 13.2 Å². The summed E-state index contributed by atoms with van der Waals surface area (Å²) in [5.41, 5.74) is 0. The molecule has 1 heterocycles. The lowest BCUT2D eigenvalue weighted by Gasteiger charge is -2.31. The van der Waals surface area contributed by atoms with Crippen molar-refractivity contribution in [3.05, 3.63) is 0 Å². The van der Waals surface area contributed by atoms with Crippen LogP contribution in [0.1, 0.15) is 58.3 Å². The molecule has 2 aliphatic rings. The molecular weight excluding hydrogens is 340 g/mol. The Labute approximate surface area is 166 Å². The highest BCUT2D eigenvalue weighted by Crippen LogP contribution is 2.21. The van der Waals surface area contributed by atoms with Crippen LogP contribution in [0.4, 0.5) is 0 Å². The van der Waals surface area contributed by atoms with E-state index in [4.69, 9.17) is 9.47 Å². The van der Waals surface area contributed by atoms with E-state index in [2.05, 4.69) is 34.5 Å². The predicted octanol–water partition coefficient (Wildman–Crippen LogP) is 2.64. The molecule has 0 aromatic rings. The Morgan fingerprint density at radius 1 is 1.15 bits per heavy atom. The van der Waals surface area contributed by atoms with Crippen molar-refractivity contribution in [1.29, 1.82) is 0 Å². The van der Waals surface area contributed by atoms with E-state index >= 15 is 0 Å². The van der Waals surface area contributed by atoms with Crippen molar-refractivity contribution in [2.24, 2.45) is 10.9 Å². The third kappa shape index (κ3) is 9.77.